The van der Waals surface area contributed by atoms with Gasteiger partial charge in [0.15, 0.2) is 0 Å². The quantitative estimate of drug-likeness (QED) is 0.905. The highest BCUT2D eigenvalue weighted by molar-refractivity contribution is 5.92. The van der Waals surface area contributed by atoms with Gasteiger partial charge in [-0.1, -0.05) is 12.1 Å². The second-order valence-corrected chi connectivity index (χ2v) is 4.53. The van der Waals surface area contributed by atoms with E-state index in [9.17, 15) is 4.79 Å². The van der Waals surface area contributed by atoms with Crippen molar-refractivity contribution in [1.82, 2.24) is 9.78 Å². The van der Waals surface area contributed by atoms with Crippen molar-refractivity contribution in [2.75, 3.05) is 5.32 Å². The normalized spacial score (nSPS) is 10.0. The molecule has 0 aliphatic carbocycles. The standard InChI is InChI=1S/C15H16N4O/c1-12-8-10-19(18-12)9-4-7-15(20)17-14-6-3-2-5-13(14)11-16/h2-3,5-6,8,10H,4,7,9H2,1H3,(H,17,20). The second-order valence-electron chi connectivity index (χ2n) is 4.53. The minimum Gasteiger partial charge on any atom is -0.325 e. The number of benzene rings is 1. The lowest BCUT2D eigenvalue weighted by Crippen LogP contribution is -2.13. The molecule has 0 aliphatic heterocycles. The van der Waals surface area contributed by atoms with Gasteiger partial charge in [-0.2, -0.15) is 10.4 Å². The fourth-order valence-corrected chi connectivity index (χ4v) is 1.89. The molecule has 102 valence electrons. The lowest BCUT2D eigenvalue weighted by Gasteiger charge is -2.06. The molecule has 1 amide bonds. The van der Waals surface area contributed by atoms with Crippen molar-refractivity contribution in [3.8, 4) is 6.07 Å². The highest BCUT2D eigenvalue weighted by atomic mass is 16.1. The number of para-hydroxylation sites is 1. The monoisotopic (exact) mass is 268 g/mol. The Bertz CT molecular complexity index is 639. The van der Waals surface area contributed by atoms with Crippen molar-refractivity contribution in [1.29, 1.82) is 5.26 Å². The first-order valence-electron chi connectivity index (χ1n) is 6.48. The Morgan fingerprint density at radius 3 is 2.90 bits per heavy atom. The maximum atomic E-state index is 11.8. The average Bonchev–Trinajstić information content (AvgIpc) is 2.85. The van der Waals surface area contributed by atoms with E-state index in [1.807, 2.05) is 23.9 Å². The van der Waals surface area contributed by atoms with Gasteiger partial charge in [-0.3, -0.25) is 9.48 Å². The molecule has 2 aromatic rings. The van der Waals surface area contributed by atoms with E-state index in [1.54, 1.807) is 24.3 Å². The van der Waals surface area contributed by atoms with Crippen LogP contribution in [-0.2, 0) is 11.3 Å². The van der Waals surface area contributed by atoms with Gasteiger partial charge in [0.2, 0.25) is 5.91 Å². The molecule has 1 aromatic heterocycles. The molecule has 1 N–H and O–H groups in total. The van der Waals surface area contributed by atoms with Crippen molar-refractivity contribution < 1.29 is 4.79 Å². The van der Waals surface area contributed by atoms with Crippen LogP contribution in [0.2, 0.25) is 0 Å². The van der Waals surface area contributed by atoms with Crippen LogP contribution in [0.3, 0.4) is 0 Å². The van der Waals surface area contributed by atoms with E-state index in [0.717, 1.165) is 5.69 Å². The van der Waals surface area contributed by atoms with Gasteiger partial charge in [-0.15, -0.1) is 0 Å². The largest absolute Gasteiger partial charge is 0.325 e. The van der Waals surface area contributed by atoms with E-state index in [1.165, 1.54) is 0 Å². The van der Waals surface area contributed by atoms with Crippen LogP contribution in [0.25, 0.3) is 0 Å². The van der Waals surface area contributed by atoms with Crippen LogP contribution in [0.5, 0.6) is 0 Å². The van der Waals surface area contributed by atoms with Crippen LogP contribution in [0.15, 0.2) is 36.5 Å². The minimum absolute atomic E-state index is 0.0865. The molecule has 0 saturated carbocycles. The summed E-state index contributed by atoms with van der Waals surface area (Å²) < 4.78 is 1.83. The van der Waals surface area contributed by atoms with Gasteiger partial charge in [0.25, 0.3) is 0 Å². The van der Waals surface area contributed by atoms with Gasteiger partial charge < -0.3 is 5.32 Å². The van der Waals surface area contributed by atoms with Crippen molar-refractivity contribution in [2.45, 2.75) is 26.3 Å². The average molecular weight is 268 g/mol. The topological polar surface area (TPSA) is 70.7 Å². The van der Waals surface area contributed by atoms with E-state index < -0.39 is 0 Å². The van der Waals surface area contributed by atoms with E-state index in [-0.39, 0.29) is 5.91 Å². The number of nitrogens with zero attached hydrogens (tertiary/aromatic N) is 3. The molecule has 0 saturated heterocycles. The molecule has 2 rings (SSSR count). The Morgan fingerprint density at radius 1 is 1.40 bits per heavy atom. The Labute approximate surface area is 117 Å². The molecule has 0 fully saturated rings. The van der Waals surface area contributed by atoms with E-state index in [4.69, 9.17) is 5.26 Å². The molecule has 0 radical (unpaired) electrons. The number of aromatic nitrogens is 2. The van der Waals surface area contributed by atoms with E-state index >= 15 is 0 Å². The summed E-state index contributed by atoms with van der Waals surface area (Å²) in [5.41, 5.74) is 2.01. The first-order valence-corrected chi connectivity index (χ1v) is 6.48. The Balaban J connectivity index is 1.82. The molecule has 5 nitrogen and oxygen atoms in total. The van der Waals surface area contributed by atoms with E-state index in [0.29, 0.717) is 30.6 Å². The van der Waals surface area contributed by atoms with Crippen LogP contribution >= 0.6 is 0 Å². The van der Waals surface area contributed by atoms with E-state index in [2.05, 4.69) is 16.5 Å². The molecule has 0 atom stereocenters. The zero-order chi connectivity index (χ0) is 14.4. The summed E-state index contributed by atoms with van der Waals surface area (Å²) in [5, 5.41) is 16.0. The van der Waals surface area contributed by atoms with Gasteiger partial charge in [-0.05, 0) is 31.5 Å². The minimum atomic E-state index is -0.0865. The summed E-state index contributed by atoms with van der Waals surface area (Å²) >= 11 is 0. The summed E-state index contributed by atoms with van der Waals surface area (Å²) in [5.74, 6) is -0.0865. The van der Waals surface area contributed by atoms with Gasteiger partial charge in [-0.25, -0.2) is 0 Å². The molecule has 0 spiro atoms. The third-order valence-corrected chi connectivity index (χ3v) is 2.89. The third kappa shape index (κ3) is 3.69. The van der Waals surface area contributed by atoms with Crippen molar-refractivity contribution in [3.05, 3.63) is 47.8 Å². The highest BCUT2D eigenvalue weighted by Gasteiger charge is 2.06. The lowest BCUT2D eigenvalue weighted by atomic mass is 10.2. The maximum Gasteiger partial charge on any atom is 0.224 e. The zero-order valence-electron chi connectivity index (χ0n) is 11.3. The summed E-state index contributed by atoms with van der Waals surface area (Å²) in [4.78, 5) is 11.8. The molecule has 1 heterocycles. The number of rotatable bonds is 5. The van der Waals surface area contributed by atoms with Crippen LogP contribution in [0, 0.1) is 18.3 Å². The van der Waals surface area contributed by atoms with Crippen LogP contribution < -0.4 is 5.32 Å². The first-order chi connectivity index (χ1) is 9.69. The molecule has 0 bridgehead atoms. The molecule has 20 heavy (non-hydrogen) atoms. The number of carbonyl (C=O) groups excluding carboxylic acids is 1. The second kappa shape index (κ2) is 6.53. The number of hydrogen-bond donors (Lipinski definition) is 1. The predicted molar refractivity (Wildman–Crippen MR) is 76.0 cm³/mol. The van der Waals surface area contributed by atoms with Crippen molar-refractivity contribution >= 4 is 11.6 Å². The number of hydrogen-bond acceptors (Lipinski definition) is 3. The number of aryl methyl sites for hydroxylation is 2. The molecule has 0 unspecified atom stereocenters. The van der Waals surface area contributed by atoms with Gasteiger partial charge in [0.1, 0.15) is 6.07 Å². The zero-order valence-corrected chi connectivity index (χ0v) is 11.3. The van der Waals surface area contributed by atoms with Crippen LogP contribution in [0.1, 0.15) is 24.1 Å². The first kappa shape index (κ1) is 13.8. The van der Waals surface area contributed by atoms with Gasteiger partial charge in [0.05, 0.1) is 16.9 Å². The van der Waals surface area contributed by atoms with Gasteiger partial charge >= 0.3 is 0 Å². The molecular formula is C15H16N4O. The van der Waals surface area contributed by atoms with Crippen LogP contribution in [-0.4, -0.2) is 15.7 Å². The Morgan fingerprint density at radius 2 is 2.20 bits per heavy atom. The number of carbonyl (C=O) groups is 1. The van der Waals surface area contributed by atoms with Crippen LogP contribution in [0.4, 0.5) is 5.69 Å². The Kier molecular flexibility index (Phi) is 4.51. The summed E-state index contributed by atoms with van der Waals surface area (Å²) in [6.45, 7) is 2.64. The van der Waals surface area contributed by atoms with Crippen molar-refractivity contribution in [2.24, 2.45) is 0 Å². The SMILES string of the molecule is Cc1ccn(CCCC(=O)Nc2ccccc2C#N)n1. The predicted octanol–water partition coefficient (Wildman–Crippen LogP) is 2.48. The fourth-order valence-electron chi connectivity index (χ4n) is 1.89. The Hall–Kier alpha value is -2.61. The summed E-state index contributed by atoms with van der Waals surface area (Å²) in [7, 11) is 0. The molecular weight excluding hydrogens is 252 g/mol. The molecule has 1 aromatic carbocycles. The molecule has 5 heteroatoms. The van der Waals surface area contributed by atoms with Crippen molar-refractivity contribution in [3.63, 3.8) is 0 Å². The smallest absolute Gasteiger partial charge is 0.224 e. The number of nitrogens with one attached hydrogen (secondary N) is 1. The highest BCUT2D eigenvalue weighted by Crippen LogP contribution is 2.14. The maximum absolute atomic E-state index is 11.8. The number of anilines is 1. The number of nitriles is 1. The number of amides is 1. The fraction of sp³-hybridized carbons (Fsp3) is 0.267. The summed E-state index contributed by atoms with van der Waals surface area (Å²) in [6, 6.07) is 11.0. The molecule has 0 aliphatic rings. The van der Waals surface area contributed by atoms with Gasteiger partial charge in [0, 0.05) is 19.2 Å². The third-order valence-electron chi connectivity index (χ3n) is 2.89. The summed E-state index contributed by atoms with van der Waals surface area (Å²) in [6.07, 6.45) is 3.01. The lowest BCUT2D eigenvalue weighted by molar-refractivity contribution is -0.116.